The highest BCUT2D eigenvalue weighted by Gasteiger charge is 2.19. The number of para-hydroxylation sites is 1. The van der Waals surface area contributed by atoms with Crippen LogP contribution in [0.1, 0.15) is 18.7 Å². The SMILES string of the molecule is CC(C(O)c1cc2ccccc2[nH]1)N(C)C. The molecule has 0 aliphatic carbocycles. The number of aliphatic hydroxyl groups is 1. The third kappa shape index (κ3) is 1.96. The highest BCUT2D eigenvalue weighted by atomic mass is 16.3. The summed E-state index contributed by atoms with van der Waals surface area (Å²) in [6.45, 7) is 2.01. The van der Waals surface area contributed by atoms with Crippen LogP contribution in [0.4, 0.5) is 0 Å². The van der Waals surface area contributed by atoms with Gasteiger partial charge in [0.25, 0.3) is 0 Å². The van der Waals surface area contributed by atoms with Crippen LogP contribution in [-0.4, -0.2) is 35.1 Å². The molecule has 3 nitrogen and oxygen atoms in total. The van der Waals surface area contributed by atoms with Crippen molar-refractivity contribution in [3.8, 4) is 0 Å². The van der Waals surface area contributed by atoms with Crippen LogP contribution in [0.2, 0.25) is 0 Å². The van der Waals surface area contributed by atoms with E-state index < -0.39 is 6.10 Å². The number of nitrogens with one attached hydrogen (secondary N) is 1. The van der Waals surface area contributed by atoms with Crippen molar-refractivity contribution in [3.05, 3.63) is 36.0 Å². The molecule has 3 heteroatoms. The number of fused-ring (bicyclic) bond motifs is 1. The molecule has 1 heterocycles. The predicted molar refractivity (Wildman–Crippen MR) is 66.4 cm³/mol. The molecule has 2 rings (SSSR count). The van der Waals surface area contributed by atoms with Crippen LogP contribution in [0.3, 0.4) is 0 Å². The van der Waals surface area contributed by atoms with E-state index in [9.17, 15) is 5.11 Å². The third-order valence-corrected chi connectivity index (χ3v) is 3.14. The van der Waals surface area contributed by atoms with Gasteiger partial charge in [-0.15, -0.1) is 0 Å². The topological polar surface area (TPSA) is 39.3 Å². The first kappa shape index (κ1) is 11.2. The number of likely N-dealkylation sites (N-methyl/N-ethyl adjacent to an activating group) is 1. The van der Waals surface area contributed by atoms with Gasteiger partial charge in [-0.25, -0.2) is 0 Å². The number of aromatic amines is 1. The summed E-state index contributed by atoms with van der Waals surface area (Å²) in [4.78, 5) is 5.26. The molecule has 2 aromatic rings. The lowest BCUT2D eigenvalue weighted by atomic mass is 10.1. The van der Waals surface area contributed by atoms with Crippen molar-refractivity contribution in [2.45, 2.75) is 19.1 Å². The smallest absolute Gasteiger partial charge is 0.109 e. The molecule has 2 unspecified atom stereocenters. The van der Waals surface area contributed by atoms with Gasteiger partial charge in [-0.05, 0) is 38.5 Å². The van der Waals surface area contributed by atoms with E-state index in [2.05, 4.69) is 4.98 Å². The molecule has 0 bridgehead atoms. The average molecular weight is 218 g/mol. The molecule has 0 saturated carbocycles. The van der Waals surface area contributed by atoms with Crippen LogP contribution in [0.25, 0.3) is 10.9 Å². The molecule has 0 amide bonds. The number of hydrogen-bond donors (Lipinski definition) is 2. The molecule has 0 radical (unpaired) electrons. The van der Waals surface area contributed by atoms with Crippen LogP contribution in [-0.2, 0) is 0 Å². The Hall–Kier alpha value is -1.32. The number of aromatic nitrogens is 1. The minimum atomic E-state index is -0.484. The van der Waals surface area contributed by atoms with Gasteiger partial charge in [0, 0.05) is 17.3 Å². The summed E-state index contributed by atoms with van der Waals surface area (Å²) in [5.74, 6) is 0. The zero-order valence-electron chi connectivity index (χ0n) is 9.94. The predicted octanol–water partition coefficient (Wildman–Crippen LogP) is 2.15. The van der Waals surface area contributed by atoms with Crippen molar-refractivity contribution in [1.82, 2.24) is 9.88 Å². The quantitative estimate of drug-likeness (QED) is 0.828. The van der Waals surface area contributed by atoms with Gasteiger partial charge in [0.1, 0.15) is 6.10 Å². The van der Waals surface area contributed by atoms with Gasteiger partial charge < -0.3 is 15.0 Å². The Morgan fingerprint density at radius 1 is 1.25 bits per heavy atom. The molecular formula is C13H18N2O. The summed E-state index contributed by atoms with van der Waals surface area (Å²) in [5, 5.41) is 11.3. The minimum Gasteiger partial charge on any atom is -0.385 e. The lowest BCUT2D eigenvalue weighted by molar-refractivity contribution is 0.0830. The van der Waals surface area contributed by atoms with Crippen molar-refractivity contribution in [2.75, 3.05) is 14.1 Å². The van der Waals surface area contributed by atoms with E-state index in [1.807, 2.05) is 56.3 Å². The molecule has 0 fully saturated rings. The number of benzene rings is 1. The van der Waals surface area contributed by atoms with Crippen LogP contribution >= 0.6 is 0 Å². The Labute approximate surface area is 95.7 Å². The second-order valence-corrected chi connectivity index (χ2v) is 4.46. The van der Waals surface area contributed by atoms with Crippen molar-refractivity contribution in [1.29, 1.82) is 0 Å². The summed E-state index contributed by atoms with van der Waals surface area (Å²) in [7, 11) is 3.94. The van der Waals surface area contributed by atoms with Crippen molar-refractivity contribution >= 4 is 10.9 Å². The zero-order valence-corrected chi connectivity index (χ0v) is 9.94. The van der Waals surface area contributed by atoms with Gasteiger partial charge in [0.05, 0.1) is 0 Å². The second kappa shape index (κ2) is 4.28. The molecule has 0 spiro atoms. The molecule has 1 aromatic carbocycles. The lowest BCUT2D eigenvalue weighted by Gasteiger charge is -2.24. The number of rotatable bonds is 3. The summed E-state index contributed by atoms with van der Waals surface area (Å²) >= 11 is 0. The Morgan fingerprint density at radius 3 is 2.56 bits per heavy atom. The first-order valence-corrected chi connectivity index (χ1v) is 5.51. The third-order valence-electron chi connectivity index (χ3n) is 3.14. The van der Waals surface area contributed by atoms with Crippen molar-refractivity contribution in [2.24, 2.45) is 0 Å². The molecule has 0 aliphatic rings. The molecule has 0 aliphatic heterocycles. The summed E-state index contributed by atoms with van der Waals surface area (Å²) in [6, 6.07) is 10.2. The normalized spacial score (nSPS) is 15.6. The monoisotopic (exact) mass is 218 g/mol. The van der Waals surface area contributed by atoms with E-state index in [-0.39, 0.29) is 6.04 Å². The highest BCUT2D eigenvalue weighted by molar-refractivity contribution is 5.80. The molecule has 0 saturated heterocycles. The average Bonchev–Trinajstić information content (AvgIpc) is 2.70. The van der Waals surface area contributed by atoms with Crippen LogP contribution in [0.5, 0.6) is 0 Å². The van der Waals surface area contributed by atoms with Crippen LogP contribution < -0.4 is 0 Å². The van der Waals surface area contributed by atoms with Gasteiger partial charge in [0.15, 0.2) is 0 Å². The fourth-order valence-electron chi connectivity index (χ4n) is 1.80. The van der Waals surface area contributed by atoms with Crippen molar-refractivity contribution in [3.63, 3.8) is 0 Å². The maximum Gasteiger partial charge on any atom is 0.109 e. The van der Waals surface area contributed by atoms with E-state index in [0.717, 1.165) is 16.6 Å². The highest BCUT2D eigenvalue weighted by Crippen LogP contribution is 2.23. The maximum atomic E-state index is 10.2. The number of hydrogen-bond acceptors (Lipinski definition) is 2. The van der Waals surface area contributed by atoms with E-state index in [1.54, 1.807) is 0 Å². The van der Waals surface area contributed by atoms with E-state index in [4.69, 9.17) is 0 Å². The summed E-state index contributed by atoms with van der Waals surface area (Å²) < 4.78 is 0. The molecule has 86 valence electrons. The fourth-order valence-corrected chi connectivity index (χ4v) is 1.80. The molecular weight excluding hydrogens is 200 g/mol. The maximum absolute atomic E-state index is 10.2. The first-order valence-electron chi connectivity index (χ1n) is 5.51. The van der Waals surface area contributed by atoms with E-state index in [1.165, 1.54) is 0 Å². The van der Waals surface area contributed by atoms with Crippen LogP contribution in [0, 0.1) is 0 Å². The number of nitrogens with zero attached hydrogens (tertiary/aromatic N) is 1. The Balaban J connectivity index is 2.33. The van der Waals surface area contributed by atoms with Gasteiger partial charge in [-0.1, -0.05) is 18.2 Å². The van der Waals surface area contributed by atoms with Gasteiger partial charge in [-0.3, -0.25) is 0 Å². The molecule has 2 atom stereocenters. The lowest BCUT2D eigenvalue weighted by Crippen LogP contribution is -2.31. The van der Waals surface area contributed by atoms with E-state index in [0.29, 0.717) is 0 Å². The Kier molecular flexibility index (Phi) is 2.99. The zero-order chi connectivity index (χ0) is 11.7. The molecule has 1 aromatic heterocycles. The van der Waals surface area contributed by atoms with Crippen molar-refractivity contribution < 1.29 is 5.11 Å². The van der Waals surface area contributed by atoms with Gasteiger partial charge >= 0.3 is 0 Å². The number of H-pyrrole nitrogens is 1. The summed E-state index contributed by atoms with van der Waals surface area (Å²) in [6.07, 6.45) is -0.484. The minimum absolute atomic E-state index is 0.0908. The Bertz CT molecular complexity index is 442. The summed E-state index contributed by atoms with van der Waals surface area (Å²) in [5.41, 5.74) is 1.95. The first-order chi connectivity index (χ1) is 7.59. The van der Waals surface area contributed by atoms with E-state index >= 15 is 0 Å². The molecule has 2 N–H and O–H groups in total. The Morgan fingerprint density at radius 2 is 1.94 bits per heavy atom. The van der Waals surface area contributed by atoms with Gasteiger partial charge in [0.2, 0.25) is 0 Å². The largest absolute Gasteiger partial charge is 0.385 e. The second-order valence-electron chi connectivity index (χ2n) is 4.46. The molecule has 16 heavy (non-hydrogen) atoms. The standard InChI is InChI=1S/C13H18N2O/c1-9(15(2)3)13(16)12-8-10-6-4-5-7-11(10)14-12/h4-9,13-14,16H,1-3H3. The fraction of sp³-hybridized carbons (Fsp3) is 0.385. The van der Waals surface area contributed by atoms with Gasteiger partial charge in [-0.2, -0.15) is 0 Å². The number of aliphatic hydroxyl groups excluding tert-OH is 1. The van der Waals surface area contributed by atoms with Crippen LogP contribution in [0.15, 0.2) is 30.3 Å².